The molecule has 0 saturated carbocycles. The Balaban J connectivity index is 1.36. The molecule has 3 aromatic rings. The first kappa shape index (κ1) is 26.0. The maximum absolute atomic E-state index is 13.3. The molecule has 3 heterocycles. The lowest BCUT2D eigenvalue weighted by atomic mass is 10.1. The largest absolute Gasteiger partial charge is 0.497 e. The molecule has 0 bridgehead atoms. The standard InChI is InChI=1S/C27H26BrN3O4S2/c1-34-20-7-4-17(5-8-20)14-31-26(33)24(37-27(31)36)11-18-15-30(23-9-6-19(28)12-22(18)23)16-25(32)29-13-21-3-2-10-35-21/h4-9,11-12,15,21H,2-3,10,13-14,16H2,1H3,(H,29,32)/b24-11-/t21-/m1/s1. The van der Waals surface area contributed by atoms with Gasteiger partial charge >= 0.3 is 0 Å². The zero-order valence-electron chi connectivity index (χ0n) is 20.2. The van der Waals surface area contributed by atoms with Gasteiger partial charge in [0.05, 0.1) is 24.7 Å². The van der Waals surface area contributed by atoms with Gasteiger partial charge in [-0.25, -0.2) is 0 Å². The topological polar surface area (TPSA) is 72.8 Å². The van der Waals surface area contributed by atoms with Crippen molar-refractivity contribution >= 4 is 73.0 Å². The number of rotatable bonds is 8. The van der Waals surface area contributed by atoms with Crippen LogP contribution in [0.25, 0.3) is 17.0 Å². The summed E-state index contributed by atoms with van der Waals surface area (Å²) in [6.45, 7) is 1.85. The van der Waals surface area contributed by atoms with Gasteiger partial charge in [0.1, 0.15) is 16.6 Å². The zero-order valence-corrected chi connectivity index (χ0v) is 23.5. The van der Waals surface area contributed by atoms with Crippen molar-refractivity contribution in [3.8, 4) is 5.75 Å². The molecule has 0 spiro atoms. The maximum Gasteiger partial charge on any atom is 0.266 e. The van der Waals surface area contributed by atoms with Crippen LogP contribution in [-0.2, 0) is 27.4 Å². The molecule has 5 rings (SSSR count). The lowest BCUT2D eigenvalue weighted by Gasteiger charge is -2.14. The average Bonchev–Trinajstić information content (AvgIpc) is 3.59. The maximum atomic E-state index is 13.3. The van der Waals surface area contributed by atoms with E-state index in [0.29, 0.717) is 22.3 Å². The molecule has 1 N–H and O–H groups in total. The van der Waals surface area contributed by atoms with Crippen molar-refractivity contribution in [2.24, 2.45) is 0 Å². The van der Waals surface area contributed by atoms with E-state index in [1.165, 1.54) is 11.8 Å². The first-order valence-corrected chi connectivity index (χ1v) is 14.0. The Hall–Kier alpha value is -2.66. The van der Waals surface area contributed by atoms with E-state index in [1.807, 2.05) is 59.3 Å². The van der Waals surface area contributed by atoms with Crippen LogP contribution < -0.4 is 10.1 Å². The number of thiocarbonyl (C=S) groups is 1. The van der Waals surface area contributed by atoms with Gasteiger partial charge in [0.2, 0.25) is 5.91 Å². The van der Waals surface area contributed by atoms with Gasteiger partial charge in [0.15, 0.2) is 0 Å². The minimum absolute atomic E-state index is 0.0762. The Morgan fingerprint density at radius 2 is 2.11 bits per heavy atom. The summed E-state index contributed by atoms with van der Waals surface area (Å²) in [6.07, 6.45) is 5.88. The minimum atomic E-state index is -0.129. The van der Waals surface area contributed by atoms with E-state index in [-0.39, 0.29) is 24.5 Å². The molecule has 2 amide bonds. The molecular formula is C27H26BrN3O4S2. The van der Waals surface area contributed by atoms with Crippen molar-refractivity contribution in [2.45, 2.75) is 32.0 Å². The van der Waals surface area contributed by atoms with Crippen LogP contribution >= 0.6 is 39.9 Å². The molecule has 1 atom stereocenters. The van der Waals surface area contributed by atoms with Crippen LogP contribution in [0.1, 0.15) is 24.0 Å². The van der Waals surface area contributed by atoms with Crippen LogP contribution in [0.2, 0.25) is 0 Å². The van der Waals surface area contributed by atoms with Crippen LogP contribution in [0, 0.1) is 0 Å². The lowest BCUT2D eigenvalue weighted by molar-refractivity contribution is -0.123. The number of aromatic nitrogens is 1. The van der Waals surface area contributed by atoms with Gasteiger partial charge in [-0.3, -0.25) is 14.5 Å². The van der Waals surface area contributed by atoms with Crippen LogP contribution in [0.4, 0.5) is 0 Å². The summed E-state index contributed by atoms with van der Waals surface area (Å²) in [5.41, 5.74) is 2.73. The molecule has 2 aliphatic rings. The molecule has 0 unspecified atom stereocenters. The number of hydrogen-bond donors (Lipinski definition) is 1. The van der Waals surface area contributed by atoms with Gasteiger partial charge in [0, 0.05) is 40.3 Å². The molecule has 1 aromatic heterocycles. The fourth-order valence-electron chi connectivity index (χ4n) is 4.48. The number of carbonyl (C=O) groups excluding carboxylic acids is 2. The zero-order chi connectivity index (χ0) is 25.9. The molecule has 0 radical (unpaired) electrons. The molecule has 37 heavy (non-hydrogen) atoms. The van der Waals surface area contributed by atoms with E-state index >= 15 is 0 Å². The third-order valence-electron chi connectivity index (χ3n) is 6.40. The van der Waals surface area contributed by atoms with Crippen molar-refractivity contribution in [3.63, 3.8) is 0 Å². The van der Waals surface area contributed by atoms with Gasteiger partial charge in [-0.1, -0.05) is 52.0 Å². The molecule has 2 aromatic carbocycles. The van der Waals surface area contributed by atoms with E-state index in [4.69, 9.17) is 21.7 Å². The molecule has 7 nitrogen and oxygen atoms in total. The van der Waals surface area contributed by atoms with Gasteiger partial charge in [-0.2, -0.15) is 0 Å². The van der Waals surface area contributed by atoms with Crippen LogP contribution in [0.5, 0.6) is 5.75 Å². The van der Waals surface area contributed by atoms with E-state index in [2.05, 4.69) is 21.2 Å². The number of amides is 2. The van der Waals surface area contributed by atoms with Gasteiger partial charge in [-0.15, -0.1) is 0 Å². The van der Waals surface area contributed by atoms with E-state index in [9.17, 15) is 9.59 Å². The number of hydrogen-bond acceptors (Lipinski definition) is 6. The van der Waals surface area contributed by atoms with Gasteiger partial charge in [0.25, 0.3) is 5.91 Å². The Labute approximate surface area is 233 Å². The predicted molar refractivity (Wildman–Crippen MR) is 153 cm³/mol. The second kappa shape index (κ2) is 11.4. The third-order valence-corrected chi connectivity index (χ3v) is 8.27. The number of benzene rings is 2. The first-order valence-electron chi connectivity index (χ1n) is 12.0. The van der Waals surface area contributed by atoms with Crippen LogP contribution in [-0.4, -0.2) is 52.0 Å². The van der Waals surface area contributed by atoms with Crippen molar-refractivity contribution in [1.82, 2.24) is 14.8 Å². The fraction of sp³-hybridized carbons (Fsp3) is 0.296. The molecular weight excluding hydrogens is 574 g/mol. The van der Waals surface area contributed by atoms with Crippen LogP contribution in [0.3, 0.4) is 0 Å². The highest BCUT2D eigenvalue weighted by atomic mass is 79.9. The first-order chi connectivity index (χ1) is 17.9. The number of nitrogens with zero attached hydrogens (tertiary/aromatic N) is 2. The number of halogens is 1. The summed E-state index contributed by atoms with van der Waals surface area (Å²) in [4.78, 5) is 28.1. The second-order valence-electron chi connectivity index (χ2n) is 8.93. The van der Waals surface area contributed by atoms with Crippen molar-refractivity contribution in [1.29, 1.82) is 0 Å². The SMILES string of the molecule is COc1ccc(CN2C(=O)/C(=C/c3cn(CC(=O)NC[C@H]4CCCO4)c4ccc(Br)cc34)SC2=S)cc1. The number of thioether (sulfide) groups is 1. The minimum Gasteiger partial charge on any atom is -0.497 e. The summed E-state index contributed by atoms with van der Waals surface area (Å²) >= 11 is 10.4. The van der Waals surface area contributed by atoms with E-state index < -0.39 is 0 Å². The number of methoxy groups -OCH3 is 1. The third kappa shape index (κ3) is 5.93. The Morgan fingerprint density at radius 1 is 1.30 bits per heavy atom. The molecule has 192 valence electrons. The van der Waals surface area contributed by atoms with E-state index in [0.717, 1.165) is 51.7 Å². The monoisotopic (exact) mass is 599 g/mol. The van der Waals surface area contributed by atoms with Crippen molar-refractivity contribution < 1.29 is 19.1 Å². The molecule has 2 saturated heterocycles. The molecule has 0 aliphatic carbocycles. The van der Waals surface area contributed by atoms with Gasteiger partial charge < -0.3 is 19.4 Å². The Kier molecular flexibility index (Phi) is 7.99. The summed E-state index contributed by atoms with van der Waals surface area (Å²) in [7, 11) is 1.62. The quantitative estimate of drug-likeness (QED) is 0.286. The number of fused-ring (bicyclic) bond motifs is 1. The van der Waals surface area contributed by atoms with E-state index in [1.54, 1.807) is 12.0 Å². The fourth-order valence-corrected chi connectivity index (χ4v) is 6.08. The van der Waals surface area contributed by atoms with Crippen LogP contribution in [0.15, 0.2) is 58.0 Å². The smallest absolute Gasteiger partial charge is 0.266 e. The number of nitrogens with one attached hydrogen (secondary N) is 1. The average molecular weight is 601 g/mol. The number of carbonyl (C=O) groups is 2. The molecule has 2 aliphatic heterocycles. The predicted octanol–water partition coefficient (Wildman–Crippen LogP) is 5.11. The molecule has 2 fully saturated rings. The Morgan fingerprint density at radius 3 is 2.84 bits per heavy atom. The highest BCUT2D eigenvalue weighted by Gasteiger charge is 2.32. The highest BCUT2D eigenvalue weighted by Crippen LogP contribution is 2.36. The lowest BCUT2D eigenvalue weighted by Crippen LogP contribution is -2.34. The van der Waals surface area contributed by atoms with Gasteiger partial charge in [-0.05, 0) is 54.8 Å². The summed E-state index contributed by atoms with van der Waals surface area (Å²) < 4.78 is 14.2. The normalized spacial score (nSPS) is 18.8. The van der Waals surface area contributed by atoms with Crippen molar-refractivity contribution in [2.75, 3.05) is 20.3 Å². The second-order valence-corrected chi connectivity index (χ2v) is 11.5. The number of ether oxygens (including phenoxy) is 2. The van der Waals surface area contributed by atoms with Crippen molar-refractivity contribution in [3.05, 3.63) is 69.2 Å². The highest BCUT2D eigenvalue weighted by molar-refractivity contribution is 9.10. The Bertz CT molecular complexity index is 1380. The summed E-state index contributed by atoms with van der Waals surface area (Å²) in [6, 6.07) is 13.5. The summed E-state index contributed by atoms with van der Waals surface area (Å²) in [5, 5.41) is 3.93. The summed E-state index contributed by atoms with van der Waals surface area (Å²) in [5.74, 6) is 0.556. The molecule has 10 heteroatoms.